The number of halogens is 2. The second-order valence-corrected chi connectivity index (χ2v) is 15.3. The van der Waals surface area contributed by atoms with Crippen molar-refractivity contribution in [2.24, 2.45) is 22.2 Å². The molecule has 4 aliphatic rings. The van der Waals surface area contributed by atoms with Gasteiger partial charge in [-0.15, -0.1) is 15.7 Å². The number of thiophene rings is 1. The third kappa shape index (κ3) is 4.45. The van der Waals surface area contributed by atoms with Crippen LogP contribution in [0.5, 0.6) is 0 Å². The van der Waals surface area contributed by atoms with Gasteiger partial charge in [0, 0.05) is 24.8 Å². The first-order valence-electron chi connectivity index (χ1n) is 12.4. The fourth-order valence-electron chi connectivity index (χ4n) is 6.51. The molecule has 0 saturated heterocycles. The third-order valence-corrected chi connectivity index (χ3v) is 11.5. The summed E-state index contributed by atoms with van der Waals surface area (Å²) in [5.41, 5.74) is 0.412. The highest BCUT2D eigenvalue weighted by Gasteiger charge is 2.57. The number of amides is 1. The molecule has 208 valence electrons. The van der Waals surface area contributed by atoms with Crippen molar-refractivity contribution in [1.29, 1.82) is 0 Å². The lowest BCUT2D eigenvalue weighted by Gasteiger charge is -2.44. The van der Waals surface area contributed by atoms with Crippen LogP contribution in [0.4, 0.5) is 13.8 Å². The number of anilines is 1. The summed E-state index contributed by atoms with van der Waals surface area (Å²) in [4.78, 5) is 15.3. The summed E-state index contributed by atoms with van der Waals surface area (Å²) < 4.78 is 81.2. The number of aliphatic hydroxyl groups is 1. The van der Waals surface area contributed by atoms with Crippen LogP contribution in [-0.4, -0.2) is 56.6 Å². The maximum absolute atomic E-state index is 14.0. The smallest absolute Gasteiger partial charge is 0.287 e. The Kier molecular flexibility index (Phi) is 6.15. The molecule has 39 heavy (non-hydrogen) atoms. The van der Waals surface area contributed by atoms with E-state index in [0.717, 1.165) is 49.0 Å². The van der Waals surface area contributed by atoms with Crippen molar-refractivity contribution < 1.29 is 35.5 Å². The van der Waals surface area contributed by atoms with Crippen LogP contribution in [0.1, 0.15) is 30.4 Å². The highest BCUT2D eigenvalue weighted by atomic mass is 32.2. The largest absolute Gasteiger partial charge is 0.511 e. The van der Waals surface area contributed by atoms with Crippen molar-refractivity contribution in [3.63, 3.8) is 0 Å². The van der Waals surface area contributed by atoms with Gasteiger partial charge in [0.15, 0.2) is 17.5 Å². The van der Waals surface area contributed by atoms with Gasteiger partial charge in [-0.3, -0.25) is 4.79 Å². The van der Waals surface area contributed by atoms with E-state index in [1.807, 2.05) is 0 Å². The summed E-state index contributed by atoms with van der Waals surface area (Å²) in [7, 11) is -7.67. The molecule has 0 spiro atoms. The Bertz CT molecular complexity index is 1680. The average Bonchev–Trinajstić information content (AvgIpc) is 3.57. The monoisotopic (exact) mass is 597 g/mol. The summed E-state index contributed by atoms with van der Waals surface area (Å²) in [5, 5.41) is 16.0. The van der Waals surface area contributed by atoms with E-state index in [9.17, 15) is 35.5 Å². The molecule has 1 aromatic heterocycles. The van der Waals surface area contributed by atoms with Gasteiger partial charge in [-0.25, -0.2) is 17.2 Å². The van der Waals surface area contributed by atoms with Crippen molar-refractivity contribution in [3.05, 3.63) is 57.7 Å². The van der Waals surface area contributed by atoms with Crippen LogP contribution in [0.15, 0.2) is 44.2 Å². The normalized spacial score (nSPS) is 27.3. The Hall–Kier alpha value is -2.84. The maximum atomic E-state index is 14.0. The summed E-state index contributed by atoms with van der Waals surface area (Å²) in [6.07, 6.45) is 3.57. The number of sulfonamides is 1. The van der Waals surface area contributed by atoms with Crippen molar-refractivity contribution in [2.45, 2.75) is 43.2 Å². The van der Waals surface area contributed by atoms with Crippen LogP contribution in [-0.2, 0) is 37.6 Å². The summed E-state index contributed by atoms with van der Waals surface area (Å²) in [6, 6.07) is 3.06. The van der Waals surface area contributed by atoms with Crippen molar-refractivity contribution in [3.8, 4) is 0 Å². The van der Waals surface area contributed by atoms with Gasteiger partial charge in [0.05, 0.1) is 5.75 Å². The molecule has 3 heterocycles. The summed E-state index contributed by atoms with van der Waals surface area (Å²) in [6.45, 7) is -0.0445. The van der Waals surface area contributed by atoms with E-state index in [1.165, 1.54) is 16.3 Å². The number of hydrogen-bond acceptors (Lipinski definition) is 8. The highest BCUT2D eigenvalue weighted by molar-refractivity contribution is 7.91. The second-order valence-electron chi connectivity index (χ2n) is 10.6. The maximum Gasteiger partial charge on any atom is 0.287 e. The third-order valence-electron chi connectivity index (χ3n) is 8.11. The molecular formula is C25H25F2N3O6S3. The zero-order valence-corrected chi connectivity index (χ0v) is 23.2. The predicted octanol–water partition coefficient (Wildman–Crippen LogP) is 3.40. The van der Waals surface area contributed by atoms with E-state index in [1.54, 1.807) is 0 Å². The molecule has 9 nitrogen and oxygen atoms in total. The minimum atomic E-state index is -4.33. The Morgan fingerprint density at radius 1 is 1.21 bits per heavy atom. The molecule has 2 aliphatic carbocycles. The van der Waals surface area contributed by atoms with Gasteiger partial charge in [-0.2, -0.15) is 8.42 Å². The first-order chi connectivity index (χ1) is 18.3. The minimum Gasteiger partial charge on any atom is -0.511 e. The van der Waals surface area contributed by atoms with E-state index in [2.05, 4.69) is 9.71 Å². The molecule has 14 heteroatoms. The number of benzene rings is 1. The van der Waals surface area contributed by atoms with Gasteiger partial charge in [-0.1, -0.05) is 6.07 Å². The molecule has 2 bridgehead atoms. The van der Waals surface area contributed by atoms with Crippen molar-refractivity contribution in [1.82, 2.24) is 4.90 Å². The molecule has 1 aromatic carbocycles. The van der Waals surface area contributed by atoms with Crippen LogP contribution in [0.2, 0.25) is 0 Å². The topological polar surface area (TPSA) is 133 Å². The summed E-state index contributed by atoms with van der Waals surface area (Å²) >= 11 is 1.04. The first kappa shape index (κ1) is 26.4. The number of nitrogens with one attached hydrogen (secondary N) is 1. The standard InChI is InChI=1S/C25H25F2N3O6S3/c1-38(33,34)7-6-15-11-37-24-22(15)39(35,36)29-23(28-24)19-21(31)18-13-3-4-14(9-13)20(18)30(25(19)32)10-12-2-5-16(26)17(27)8-12/h2,5,8,11,13-14,18,20,31H,3-4,6-7,9-10H2,1H3,(H,28,29)/t13-,14+,18?,20?/m0/s1. The molecule has 1 amide bonds. The Morgan fingerprint density at radius 3 is 2.67 bits per heavy atom. The number of hydrogen-bond donors (Lipinski definition) is 2. The lowest BCUT2D eigenvalue weighted by Crippen LogP contribution is -2.53. The molecule has 6 rings (SSSR count). The number of fused-ring (bicyclic) bond motifs is 6. The molecule has 2 aromatic rings. The molecule has 2 N–H and O–H groups in total. The number of aliphatic hydroxyl groups excluding tert-OH is 1. The Balaban J connectivity index is 1.39. The average molecular weight is 598 g/mol. The predicted molar refractivity (Wildman–Crippen MR) is 141 cm³/mol. The number of rotatable bonds is 6. The van der Waals surface area contributed by atoms with Gasteiger partial charge >= 0.3 is 0 Å². The number of amidine groups is 1. The minimum absolute atomic E-state index is 0.0157. The molecule has 2 fully saturated rings. The van der Waals surface area contributed by atoms with Crippen LogP contribution in [0.25, 0.3) is 0 Å². The zero-order valence-electron chi connectivity index (χ0n) is 20.7. The second kappa shape index (κ2) is 9.10. The lowest BCUT2D eigenvalue weighted by atomic mass is 9.77. The van der Waals surface area contributed by atoms with Crippen LogP contribution in [0.3, 0.4) is 0 Å². The van der Waals surface area contributed by atoms with Crippen molar-refractivity contribution in [2.75, 3.05) is 17.3 Å². The first-order valence-corrected chi connectivity index (χ1v) is 16.8. The SMILES string of the molecule is CS(=O)(=O)CCc1csc2c1S(=O)(=O)N=C(C1=C(O)C3C([C@@H]4CC[C@H]3C4)N(Cc3ccc(F)c(F)c3)C1=O)N2. The van der Waals surface area contributed by atoms with Gasteiger partial charge < -0.3 is 15.3 Å². The fraction of sp³-hybridized carbons (Fsp3) is 0.440. The van der Waals surface area contributed by atoms with E-state index in [0.29, 0.717) is 11.1 Å². The van der Waals surface area contributed by atoms with Gasteiger partial charge in [0.1, 0.15) is 31.1 Å². The molecule has 0 radical (unpaired) electrons. The molecule has 2 unspecified atom stereocenters. The molecular weight excluding hydrogens is 572 g/mol. The number of sulfone groups is 1. The van der Waals surface area contributed by atoms with Gasteiger partial charge in [0.2, 0.25) is 0 Å². The fourth-order valence-corrected chi connectivity index (χ4v) is 9.77. The quantitative estimate of drug-likeness (QED) is 0.522. The Labute approximate surface area is 228 Å². The number of carbonyl (C=O) groups excluding carboxylic acids is 1. The van der Waals surface area contributed by atoms with Crippen molar-refractivity contribution >= 4 is 47.9 Å². The van der Waals surface area contributed by atoms with Crippen LogP contribution >= 0.6 is 11.3 Å². The van der Waals surface area contributed by atoms with Gasteiger partial charge in [-0.05, 0) is 66.2 Å². The zero-order chi connectivity index (χ0) is 27.9. The Morgan fingerprint density at radius 2 is 1.95 bits per heavy atom. The number of nitrogens with zero attached hydrogens (tertiary/aromatic N) is 2. The lowest BCUT2D eigenvalue weighted by molar-refractivity contribution is -0.134. The van der Waals surface area contributed by atoms with Crippen LogP contribution in [0, 0.1) is 29.4 Å². The molecule has 2 saturated carbocycles. The summed E-state index contributed by atoms with van der Waals surface area (Å²) in [5.74, 6) is -3.66. The van der Waals surface area contributed by atoms with Crippen LogP contribution < -0.4 is 5.32 Å². The van der Waals surface area contributed by atoms with E-state index < -0.39 is 43.3 Å². The van der Waals surface area contributed by atoms with Gasteiger partial charge in [0.25, 0.3) is 15.9 Å². The molecule has 4 atom stereocenters. The van der Waals surface area contributed by atoms with E-state index in [-0.39, 0.29) is 63.7 Å². The number of carbonyl (C=O) groups is 1. The van der Waals surface area contributed by atoms with E-state index in [4.69, 9.17) is 0 Å². The molecule has 2 aliphatic heterocycles. The highest BCUT2D eigenvalue weighted by Crippen LogP contribution is 2.55. The number of aryl methyl sites for hydroxylation is 1. The van der Waals surface area contributed by atoms with E-state index >= 15 is 0 Å².